The third-order valence-electron chi connectivity index (χ3n) is 14.8. The molecule has 91 heavy (non-hydrogen) atoms. The highest BCUT2D eigenvalue weighted by Gasteiger charge is 2.39. The first kappa shape index (κ1) is 77.7. The number of benzene rings is 1. The highest BCUT2D eigenvalue weighted by Crippen LogP contribution is 2.17. The molecule has 11 atom stereocenters. The molecule has 32 heteroatoms. The van der Waals surface area contributed by atoms with Gasteiger partial charge in [-0.25, -0.2) is 0 Å². The maximum absolute atomic E-state index is 14.5. The van der Waals surface area contributed by atoms with Crippen molar-refractivity contribution in [1.29, 1.82) is 0 Å². The third kappa shape index (κ3) is 28.3. The van der Waals surface area contributed by atoms with Crippen LogP contribution in [0.1, 0.15) is 138 Å². The Bertz CT molecular complexity index is 2790. The number of guanidine groups is 1. The maximum Gasteiger partial charge on any atom is 0.303 e. The highest BCUT2D eigenvalue weighted by atomic mass is 16.4. The number of aromatic hydroxyl groups is 1. The summed E-state index contributed by atoms with van der Waals surface area (Å²) in [5.41, 5.74) is 28.0. The van der Waals surface area contributed by atoms with Crippen LogP contribution in [0, 0.1) is 17.8 Å². The van der Waals surface area contributed by atoms with Gasteiger partial charge >= 0.3 is 5.97 Å². The van der Waals surface area contributed by atoms with Crippen molar-refractivity contribution >= 4 is 88.7 Å². The van der Waals surface area contributed by atoms with Crippen LogP contribution in [0.15, 0.2) is 41.4 Å². The second kappa shape index (κ2) is 38.9. The van der Waals surface area contributed by atoms with Gasteiger partial charge in [-0.3, -0.25) is 72.1 Å². The molecule has 0 aromatic heterocycles. The van der Waals surface area contributed by atoms with Crippen molar-refractivity contribution in [3.63, 3.8) is 0 Å². The van der Waals surface area contributed by atoms with E-state index in [4.69, 9.17) is 28.7 Å². The van der Waals surface area contributed by atoms with Crippen LogP contribution in [0.4, 0.5) is 0 Å². The zero-order valence-electron chi connectivity index (χ0n) is 53.0. The molecule has 13 amide bonds. The summed E-state index contributed by atoms with van der Waals surface area (Å²) in [5.74, 6) is -14.3. The van der Waals surface area contributed by atoms with E-state index in [1.807, 2.05) is 0 Å². The molecule has 1 aromatic carbocycles. The van der Waals surface area contributed by atoms with E-state index in [1.54, 1.807) is 53.7 Å². The molecule has 21 N–H and O–H groups in total. The number of rotatable bonds is 36. The standard InChI is InChI=1S/C59H94N16O16/c1-9-32(6)48(57(90)71-41(49(62)82)29-35-16-18-36(76)19-17-35)74-55(88)40(22-25-46(80)81)68-50(83)33(7)66-56(89)42(28-30(2)3)72-53(86)39(21-24-44(61)78)70-52(85)37(14-13-26-65-59(63)64)69-51(84)34(8)75-27-12-10-11-15-45(79)67-38(20-23-43(60)77)54(87)73-47(31(4)5)58(75)91/h10,12,16-19,30-34,37-42,47-48,76H,9,11,13-15,20-29H2,1-8H3,(H2,60,77)(H2,61,78)(H2,62,82)(H,66,89)(H,67,79)(H,68,83)(H,69,84)(H,70,85)(H,71,90)(H,72,86)(H,73,87)(H,74,88)(H,80,81)(H4,63,64,65)/b12-10+/t32-,33-,34-,37-,38-,39-,40-,41-,42-,47-,48-/m0/s1. The molecule has 0 bridgehead atoms. The molecule has 1 heterocycles. The lowest BCUT2D eigenvalue weighted by Crippen LogP contribution is -2.61. The van der Waals surface area contributed by atoms with Crippen LogP contribution in [0.5, 0.6) is 5.75 Å². The van der Waals surface area contributed by atoms with Gasteiger partial charge in [-0.1, -0.05) is 72.2 Å². The number of phenolic OH excluding ortho intramolecular Hbond substituents is 1. The topological polar surface area (TPSA) is 533 Å². The molecule has 0 radical (unpaired) electrons. The summed E-state index contributed by atoms with van der Waals surface area (Å²) < 4.78 is 0. The fourth-order valence-corrected chi connectivity index (χ4v) is 9.26. The molecule has 0 saturated heterocycles. The summed E-state index contributed by atoms with van der Waals surface area (Å²) in [5, 5.41) is 42.2. The normalized spacial score (nSPS) is 17.9. The van der Waals surface area contributed by atoms with E-state index in [0.29, 0.717) is 12.0 Å². The van der Waals surface area contributed by atoms with Gasteiger partial charge in [0.2, 0.25) is 76.8 Å². The molecular weight excluding hydrogens is 1190 g/mol. The Kier molecular flexibility index (Phi) is 33.2. The number of aliphatic carboxylic acids is 1. The van der Waals surface area contributed by atoms with Crippen molar-refractivity contribution in [2.75, 3.05) is 13.1 Å². The average molecular weight is 1280 g/mol. The predicted octanol–water partition coefficient (Wildman–Crippen LogP) is -3.43. The minimum Gasteiger partial charge on any atom is -0.508 e. The number of allylic oxidation sites excluding steroid dienone is 1. The molecule has 506 valence electrons. The number of phenols is 1. The summed E-state index contributed by atoms with van der Waals surface area (Å²) in [4.78, 5) is 193. The second-order valence-corrected chi connectivity index (χ2v) is 23.2. The zero-order valence-corrected chi connectivity index (χ0v) is 53.0. The van der Waals surface area contributed by atoms with E-state index in [0.717, 1.165) is 4.90 Å². The molecule has 1 aliphatic heterocycles. The van der Waals surface area contributed by atoms with Crippen LogP contribution in [-0.2, 0) is 73.5 Å². The molecule has 1 aliphatic rings. The van der Waals surface area contributed by atoms with Crippen LogP contribution in [-0.4, -0.2) is 177 Å². The van der Waals surface area contributed by atoms with Crippen molar-refractivity contribution < 1.29 is 77.3 Å². The van der Waals surface area contributed by atoms with Crippen LogP contribution in [0.3, 0.4) is 0 Å². The van der Waals surface area contributed by atoms with E-state index >= 15 is 0 Å². The van der Waals surface area contributed by atoms with Gasteiger partial charge in [-0.2, -0.15) is 0 Å². The number of carbonyl (C=O) groups is 14. The van der Waals surface area contributed by atoms with Crippen LogP contribution < -0.4 is 76.5 Å². The number of carbonyl (C=O) groups excluding carboxylic acids is 13. The zero-order chi connectivity index (χ0) is 68.8. The monoisotopic (exact) mass is 1280 g/mol. The molecule has 32 nitrogen and oxygen atoms in total. The van der Waals surface area contributed by atoms with Crippen LogP contribution in [0.2, 0.25) is 0 Å². The number of carboxylic acid groups (broad SMARTS) is 1. The maximum atomic E-state index is 14.5. The lowest BCUT2D eigenvalue weighted by Gasteiger charge is -2.34. The van der Waals surface area contributed by atoms with Gasteiger partial charge < -0.3 is 91.6 Å². The van der Waals surface area contributed by atoms with Crippen molar-refractivity contribution in [3.05, 3.63) is 42.0 Å². The van der Waals surface area contributed by atoms with E-state index in [9.17, 15) is 77.3 Å². The lowest BCUT2D eigenvalue weighted by molar-refractivity contribution is -0.144. The number of hydrogen-bond donors (Lipinski definition) is 16. The van der Waals surface area contributed by atoms with E-state index in [2.05, 4.69) is 52.8 Å². The van der Waals surface area contributed by atoms with Crippen LogP contribution >= 0.6 is 0 Å². The first-order valence-corrected chi connectivity index (χ1v) is 30.2. The molecule has 0 unspecified atom stereocenters. The molecule has 0 aliphatic carbocycles. The number of nitrogens with two attached hydrogens (primary N) is 5. The molecule has 0 spiro atoms. The van der Waals surface area contributed by atoms with Gasteiger partial charge in [0, 0.05) is 45.2 Å². The van der Waals surface area contributed by atoms with Gasteiger partial charge in [0.05, 0.1) is 0 Å². The number of nitrogens with zero attached hydrogens (tertiary/aromatic N) is 2. The summed E-state index contributed by atoms with van der Waals surface area (Å²) in [6.07, 6.45) is 0.838. The van der Waals surface area contributed by atoms with E-state index in [1.165, 1.54) is 38.1 Å². The first-order chi connectivity index (χ1) is 42.6. The summed E-state index contributed by atoms with van der Waals surface area (Å²) in [6, 6.07) is -8.33. The fourth-order valence-electron chi connectivity index (χ4n) is 9.26. The van der Waals surface area contributed by atoms with E-state index < -0.39 is 181 Å². The Balaban J connectivity index is 2.45. The van der Waals surface area contributed by atoms with E-state index in [-0.39, 0.29) is 82.1 Å². The Hall–Kier alpha value is -9.39. The second-order valence-electron chi connectivity index (χ2n) is 23.2. The van der Waals surface area contributed by atoms with Gasteiger partial charge in [0.25, 0.3) is 0 Å². The molecule has 2 rings (SSSR count). The smallest absolute Gasteiger partial charge is 0.303 e. The Labute approximate surface area is 528 Å². The van der Waals surface area contributed by atoms with Crippen LogP contribution in [0.25, 0.3) is 0 Å². The SMILES string of the molecule is CC[C@H](C)[C@H](NC(=O)[C@H](CCC(=O)O)NC(=O)[C@H](C)NC(=O)[C@H](CC(C)C)NC(=O)[C@H](CCC(N)=O)NC(=O)[C@H](CCCN=C(N)N)NC(=O)[C@H](C)N1C/C=C/CCC(=O)N[C@@H](CCC(N)=O)C(=O)N[C@@H](C(C)C)C1=O)C(=O)N[C@@H](Cc1ccc(O)cc1)C(N)=O. The minimum absolute atomic E-state index is 0.0350. The highest BCUT2D eigenvalue weighted by molar-refractivity contribution is 5.99. The Morgan fingerprint density at radius 2 is 1.18 bits per heavy atom. The lowest BCUT2D eigenvalue weighted by atomic mass is 9.96. The predicted molar refractivity (Wildman–Crippen MR) is 331 cm³/mol. The molecule has 1 aromatic rings. The number of amides is 13. The van der Waals surface area contributed by atoms with Crippen molar-refractivity contribution in [3.8, 4) is 5.75 Å². The summed E-state index contributed by atoms with van der Waals surface area (Å²) in [7, 11) is 0. The number of nitrogens with one attached hydrogen (secondary N) is 9. The van der Waals surface area contributed by atoms with Crippen molar-refractivity contribution in [2.24, 2.45) is 51.4 Å². The fraction of sp³-hybridized carbons (Fsp3) is 0.610. The van der Waals surface area contributed by atoms with Gasteiger partial charge in [-0.15, -0.1) is 0 Å². The van der Waals surface area contributed by atoms with Gasteiger partial charge in [0.1, 0.15) is 66.2 Å². The quantitative estimate of drug-likeness (QED) is 0.0135. The molecular formula is C59H94N16O16. The van der Waals surface area contributed by atoms with Gasteiger partial charge in [-0.05, 0) is 94.2 Å². The number of primary amides is 3. The van der Waals surface area contributed by atoms with Crippen molar-refractivity contribution in [2.45, 2.75) is 199 Å². The third-order valence-corrected chi connectivity index (χ3v) is 14.8. The Morgan fingerprint density at radius 3 is 1.73 bits per heavy atom. The summed E-state index contributed by atoms with van der Waals surface area (Å²) in [6.45, 7) is 12.4. The summed E-state index contributed by atoms with van der Waals surface area (Å²) >= 11 is 0. The molecule has 0 saturated carbocycles. The largest absolute Gasteiger partial charge is 0.508 e. The average Bonchev–Trinajstić information content (AvgIpc) is 1.72. The first-order valence-electron chi connectivity index (χ1n) is 30.2. The number of carboxylic acids is 1. The Morgan fingerprint density at radius 1 is 0.637 bits per heavy atom. The molecule has 0 fully saturated rings. The van der Waals surface area contributed by atoms with Crippen molar-refractivity contribution in [1.82, 2.24) is 52.8 Å². The number of hydrogen-bond acceptors (Lipinski definition) is 16. The number of aliphatic imine (C=N–C) groups is 1. The van der Waals surface area contributed by atoms with Gasteiger partial charge in [0.15, 0.2) is 5.96 Å². The minimum atomic E-state index is -1.62.